The van der Waals surface area contributed by atoms with Crippen LogP contribution in [0.3, 0.4) is 0 Å². The molecular weight excluding hydrogens is 514 g/mol. The number of hydrogen-bond acceptors (Lipinski definition) is 9. The van der Waals surface area contributed by atoms with E-state index in [2.05, 4.69) is 21.9 Å². The van der Waals surface area contributed by atoms with Crippen LogP contribution in [0.5, 0.6) is 11.5 Å². The number of ether oxygens (including phenoxy) is 3. The van der Waals surface area contributed by atoms with Crippen molar-refractivity contribution in [3.63, 3.8) is 0 Å². The number of rotatable bonds is 8. The zero-order valence-corrected chi connectivity index (χ0v) is 22.9. The maximum Gasteiger partial charge on any atom is 0.320 e. The average molecular weight is 548 g/mol. The van der Waals surface area contributed by atoms with E-state index in [1.807, 2.05) is 24.3 Å². The number of benzene rings is 1. The van der Waals surface area contributed by atoms with Gasteiger partial charge in [-0.2, -0.15) is 5.26 Å². The Bertz CT molecular complexity index is 1120. The van der Waals surface area contributed by atoms with Crippen molar-refractivity contribution in [2.75, 3.05) is 51.8 Å². The van der Waals surface area contributed by atoms with Crippen molar-refractivity contribution in [3.05, 3.63) is 40.8 Å². The lowest BCUT2D eigenvalue weighted by Gasteiger charge is -2.33. The normalized spacial score (nSPS) is 17.6. The van der Waals surface area contributed by atoms with Gasteiger partial charge in [0.05, 0.1) is 43.5 Å². The van der Waals surface area contributed by atoms with Gasteiger partial charge in [-0.25, -0.2) is 0 Å². The number of esters is 1. The van der Waals surface area contributed by atoms with Crippen molar-refractivity contribution in [1.82, 2.24) is 4.90 Å². The molecule has 0 unspecified atom stereocenters. The molecule has 2 aromatic rings. The molecule has 0 atom stereocenters. The molecule has 4 rings (SSSR count). The van der Waals surface area contributed by atoms with Gasteiger partial charge in [-0.3, -0.25) is 9.69 Å². The Morgan fingerprint density at radius 3 is 2.43 bits per heavy atom. The van der Waals surface area contributed by atoms with Crippen molar-refractivity contribution in [1.29, 1.82) is 5.26 Å². The molecule has 0 spiro atoms. The van der Waals surface area contributed by atoms with Crippen LogP contribution in [0.2, 0.25) is 0 Å². The van der Waals surface area contributed by atoms with Gasteiger partial charge in [-0.15, -0.1) is 23.7 Å². The first-order valence-corrected chi connectivity index (χ1v) is 13.1. The molecule has 0 amide bonds. The van der Waals surface area contributed by atoms with Crippen LogP contribution in [0.1, 0.15) is 36.1 Å². The second-order valence-electron chi connectivity index (χ2n) is 9.10. The number of anilines is 1. The predicted octanol–water partition coefficient (Wildman–Crippen LogP) is 4.22. The number of nitriles is 1. The Kier molecular flexibility index (Phi) is 10.6. The summed E-state index contributed by atoms with van der Waals surface area (Å²) in [7, 11) is 3.16. The third-order valence-corrected chi connectivity index (χ3v) is 7.77. The molecule has 37 heavy (non-hydrogen) atoms. The number of aliphatic hydroxyl groups excluding tert-OH is 1. The van der Waals surface area contributed by atoms with Crippen molar-refractivity contribution in [3.8, 4) is 17.6 Å². The zero-order valence-electron chi connectivity index (χ0n) is 21.2. The summed E-state index contributed by atoms with van der Waals surface area (Å²) in [5.41, 5.74) is 1.33. The number of hydrogen-bond donors (Lipinski definition) is 1. The fourth-order valence-electron chi connectivity index (χ4n) is 4.59. The number of halogens is 1. The van der Waals surface area contributed by atoms with Gasteiger partial charge in [0.25, 0.3) is 0 Å². The fraction of sp³-hybridized carbons (Fsp3) is 0.481. The Morgan fingerprint density at radius 1 is 1.08 bits per heavy atom. The smallest absolute Gasteiger partial charge is 0.320 e. The summed E-state index contributed by atoms with van der Waals surface area (Å²) in [6, 6.07) is 11.9. The summed E-state index contributed by atoms with van der Waals surface area (Å²) in [4.78, 5) is 17.7. The standard InChI is InChI=1S/C27H33N3O5S.ClH/c1-33-24-5-3-19(16-25(24)34-2)20(17-28)15-23-4-6-26(36-23)30-13-9-22(10-14-30)35-27(32)18-29-11-7-21(31)8-12-29;/h3-6,15-16,21-22,31H,7-14,18H2,1-2H3;1H/b20-15+;. The first-order chi connectivity index (χ1) is 17.5. The third-order valence-electron chi connectivity index (χ3n) is 6.68. The highest BCUT2D eigenvalue weighted by atomic mass is 35.5. The highest BCUT2D eigenvalue weighted by Gasteiger charge is 2.25. The second-order valence-corrected chi connectivity index (χ2v) is 10.2. The predicted molar refractivity (Wildman–Crippen MR) is 148 cm³/mol. The summed E-state index contributed by atoms with van der Waals surface area (Å²) in [5.74, 6) is 1.03. The molecule has 2 aliphatic rings. The van der Waals surface area contributed by atoms with Gasteiger partial charge in [-0.1, -0.05) is 0 Å². The van der Waals surface area contributed by atoms with E-state index in [9.17, 15) is 15.2 Å². The van der Waals surface area contributed by atoms with E-state index in [0.29, 0.717) is 36.5 Å². The van der Waals surface area contributed by atoms with E-state index in [4.69, 9.17) is 14.2 Å². The quantitative estimate of drug-likeness (QED) is 0.388. The molecule has 1 aromatic carbocycles. The molecule has 10 heteroatoms. The average Bonchev–Trinajstić information content (AvgIpc) is 3.37. The molecule has 1 N–H and O–H groups in total. The molecule has 8 nitrogen and oxygen atoms in total. The molecule has 0 radical (unpaired) electrons. The van der Waals surface area contributed by atoms with Crippen molar-refractivity contribution in [2.45, 2.75) is 37.9 Å². The molecule has 0 saturated carbocycles. The molecule has 2 aliphatic heterocycles. The zero-order chi connectivity index (χ0) is 25.5. The number of aliphatic hydroxyl groups is 1. The van der Waals surface area contributed by atoms with Gasteiger partial charge in [0, 0.05) is 43.9 Å². The minimum Gasteiger partial charge on any atom is -0.493 e. The Morgan fingerprint density at radius 2 is 1.78 bits per heavy atom. The molecule has 3 heterocycles. The molecule has 1 aromatic heterocycles. The van der Waals surface area contributed by atoms with Crippen LogP contribution in [0, 0.1) is 11.3 Å². The van der Waals surface area contributed by atoms with Crippen molar-refractivity contribution >= 4 is 46.4 Å². The van der Waals surface area contributed by atoms with Crippen LogP contribution in [0.25, 0.3) is 11.6 Å². The van der Waals surface area contributed by atoms with E-state index in [0.717, 1.165) is 54.5 Å². The Labute approximate surface area is 228 Å². The van der Waals surface area contributed by atoms with Crippen LogP contribution in [0.4, 0.5) is 5.00 Å². The summed E-state index contributed by atoms with van der Waals surface area (Å²) in [6.45, 7) is 3.41. The summed E-state index contributed by atoms with van der Waals surface area (Å²) in [6.07, 6.45) is 4.61. The Balaban J connectivity index is 0.00000380. The first kappa shape index (κ1) is 28.8. The summed E-state index contributed by atoms with van der Waals surface area (Å²) < 4.78 is 16.4. The number of allylic oxidation sites excluding steroid dienone is 1. The van der Waals surface area contributed by atoms with Gasteiger partial charge in [0.2, 0.25) is 0 Å². The lowest BCUT2D eigenvalue weighted by atomic mass is 10.1. The molecule has 200 valence electrons. The van der Waals surface area contributed by atoms with Crippen molar-refractivity contribution in [2.24, 2.45) is 0 Å². The van der Waals surface area contributed by atoms with Crippen LogP contribution in [-0.4, -0.2) is 75.1 Å². The maximum atomic E-state index is 12.4. The van der Waals surface area contributed by atoms with Gasteiger partial charge >= 0.3 is 5.97 Å². The fourth-order valence-corrected chi connectivity index (χ4v) is 5.60. The molecular formula is C27H34ClN3O5S. The Hall–Kier alpha value is -2.77. The van der Waals surface area contributed by atoms with E-state index >= 15 is 0 Å². The first-order valence-electron chi connectivity index (χ1n) is 12.3. The number of piperidine rings is 2. The highest BCUT2D eigenvalue weighted by molar-refractivity contribution is 7.17. The number of carbonyl (C=O) groups excluding carboxylic acids is 1. The van der Waals surface area contributed by atoms with Crippen LogP contribution < -0.4 is 14.4 Å². The SMILES string of the molecule is COc1ccc(/C(C#N)=C/c2ccc(N3CCC(OC(=O)CN4CCC(O)CC4)CC3)s2)cc1OC.Cl. The van der Waals surface area contributed by atoms with Gasteiger partial charge in [0.15, 0.2) is 11.5 Å². The number of methoxy groups -OCH3 is 2. The topological polar surface area (TPSA) is 95.3 Å². The minimum atomic E-state index is -0.243. The molecule has 2 saturated heterocycles. The monoisotopic (exact) mass is 547 g/mol. The number of carbonyl (C=O) groups is 1. The lowest BCUT2D eigenvalue weighted by molar-refractivity contribution is -0.151. The second kappa shape index (κ2) is 13.7. The summed E-state index contributed by atoms with van der Waals surface area (Å²) in [5, 5.41) is 20.5. The van der Waals surface area contributed by atoms with E-state index in [1.54, 1.807) is 31.6 Å². The van der Waals surface area contributed by atoms with E-state index in [1.165, 1.54) is 0 Å². The van der Waals surface area contributed by atoms with E-state index < -0.39 is 0 Å². The largest absolute Gasteiger partial charge is 0.493 e. The molecule has 2 fully saturated rings. The van der Waals surface area contributed by atoms with Crippen LogP contribution >= 0.6 is 23.7 Å². The van der Waals surface area contributed by atoms with Crippen molar-refractivity contribution < 1.29 is 24.1 Å². The third kappa shape index (κ3) is 7.62. The number of likely N-dealkylation sites (tertiary alicyclic amines) is 1. The van der Waals surface area contributed by atoms with Crippen LogP contribution in [-0.2, 0) is 9.53 Å². The van der Waals surface area contributed by atoms with Crippen LogP contribution in [0.15, 0.2) is 30.3 Å². The molecule has 0 aliphatic carbocycles. The highest BCUT2D eigenvalue weighted by Crippen LogP contribution is 2.34. The number of nitrogens with zero attached hydrogens (tertiary/aromatic N) is 3. The maximum absolute atomic E-state index is 12.4. The minimum absolute atomic E-state index is 0. The van der Waals surface area contributed by atoms with Gasteiger partial charge < -0.3 is 24.2 Å². The molecule has 0 bridgehead atoms. The lowest BCUT2D eigenvalue weighted by Crippen LogP contribution is -2.42. The van der Waals surface area contributed by atoms with Gasteiger partial charge in [-0.05, 0) is 54.8 Å². The van der Waals surface area contributed by atoms with Gasteiger partial charge in [0.1, 0.15) is 6.10 Å². The number of thiophene rings is 1. The summed E-state index contributed by atoms with van der Waals surface area (Å²) >= 11 is 1.64. The van der Waals surface area contributed by atoms with E-state index in [-0.39, 0.29) is 30.6 Å².